The average Bonchev–Trinajstić information content (AvgIpc) is 2.98. The van der Waals surface area contributed by atoms with Crippen molar-refractivity contribution in [3.63, 3.8) is 0 Å². The third kappa shape index (κ3) is 27.9. The lowest BCUT2D eigenvalue weighted by atomic mass is 9.72. The molecule has 0 aromatic heterocycles. The van der Waals surface area contributed by atoms with Gasteiger partial charge < -0.3 is 0 Å². The maximum atomic E-state index is 4.15. The van der Waals surface area contributed by atoms with Crippen LogP contribution in [0.5, 0.6) is 0 Å². The van der Waals surface area contributed by atoms with Crippen molar-refractivity contribution in [3.8, 4) is 11.8 Å². The number of hydrogen-bond donors (Lipinski definition) is 0. The lowest BCUT2D eigenvalue weighted by molar-refractivity contribution is 0.288. The highest BCUT2D eigenvalue weighted by Crippen LogP contribution is 2.37. The minimum absolute atomic E-state index is 0.286. The van der Waals surface area contributed by atoms with Gasteiger partial charge in [0.1, 0.15) is 0 Å². The van der Waals surface area contributed by atoms with Crippen LogP contribution in [0.3, 0.4) is 0 Å². The van der Waals surface area contributed by atoms with E-state index in [0.29, 0.717) is 58.7 Å². The van der Waals surface area contributed by atoms with Crippen LogP contribution in [0.1, 0.15) is 193 Å². The van der Waals surface area contributed by atoms with Gasteiger partial charge in [0.05, 0.1) is 0 Å². The Morgan fingerprint density at radius 2 is 0.653 bits per heavy atom. The van der Waals surface area contributed by atoms with E-state index in [9.17, 15) is 0 Å². The van der Waals surface area contributed by atoms with Gasteiger partial charge in [-0.15, -0.1) is 11.8 Å². The fourth-order valence-electron chi connectivity index (χ4n) is 4.13. The third-order valence-corrected chi connectivity index (χ3v) is 11.1. The van der Waals surface area contributed by atoms with Crippen molar-refractivity contribution in [2.75, 3.05) is 0 Å². The second-order valence-corrected chi connectivity index (χ2v) is 18.3. The minimum atomic E-state index is 0.286. The van der Waals surface area contributed by atoms with E-state index in [4.69, 9.17) is 0 Å². The molecule has 0 nitrogen and oxygen atoms in total. The molecule has 0 heterocycles. The molecule has 0 atom stereocenters. The van der Waals surface area contributed by atoms with E-state index in [2.05, 4.69) is 212 Å². The molecule has 0 heteroatoms. The Morgan fingerprint density at radius 1 is 0.429 bits per heavy atom. The smallest absolute Gasteiger partial charge is 0.0146 e. The summed E-state index contributed by atoms with van der Waals surface area (Å²) in [5.41, 5.74) is 9.54. The van der Waals surface area contributed by atoms with E-state index < -0.39 is 0 Å². The van der Waals surface area contributed by atoms with Crippen LogP contribution in [0.2, 0.25) is 0 Å². The molecule has 0 aliphatic carbocycles. The molecule has 0 saturated carbocycles. The summed E-state index contributed by atoms with van der Waals surface area (Å²) in [6.45, 7) is 68.3. The molecule has 0 saturated heterocycles. The van der Waals surface area contributed by atoms with Gasteiger partial charge in [0, 0.05) is 11.8 Å². The van der Waals surface area contributed by atoms with Crippen LogP contribution in [-0.2, 0) is 0 Å². The van der Waals surface area contributed by atoms with Gasteiger partial charge in [0.2, 0.25) is 0 Å². The van der Waals surface area contributed by atoms with Crippen LogP contribution in [0.15, 0.2) is 46.6 Å². The van der Waals surface area contributed by atoms with Crippen molar-refractivity contribution in [2.24, 2.45) is 64.1 Å². The van der Waals surface area contributed by atoms with Crippen molar-refractivity contribution in [2.45, 2.75) is 193 Å². The molecule has 0 aromatic rings. The normalized spacial score (nSPS) is 12.7. The summed E-state index contributed by atoms with van der Waals surface area (Å²) in [6.07, 6.45) is 1.10. The fourth-order valence-corrected chi connectivity index (χ4v) is 4.13. The molecule has 0 unspecified atom stereocenters. The van der Waals surface area contributed by atoms with E-state index in [0.717, 1.165) is 6.42 Å². The first kappa shape index (κ1) is 56.9. The van der Waals surface area contributed by atoms with E-state index in [1.54, 1.807) is 22.3 Å². The quantitative estimate of drug-likeness (QED) is 0.159. The molecule has 0 radical (unpaired) electrons. The zero-order valence-corrected chi connectivity index (χ0v) is 39.3. The largest absolute Gasteiger partial charge is 0.100 e. The van der Waals surface area contributed by atoms with Crippen molar-refractivity contribution in [1.82, 2.24) is 0 Å². The Morgan fingerprint density at radius 3 is 0.735 bits per heavy atom. The summed E-state index contributed by atoms with van der Waals surface area (Å²) in [5.74, 6) is 12.1. The summed E-state index contributed by atoms with van der Waals surface area (Å²) in [4.78, 5) is 0. The molecule has 292 valence electrons. The number of hydrogen-bond acceptors (Lipinski definition) is 0. The molecule has 0 bridgehead atoms. The third-order valence-electron chi connectivity index (χ3n) is 11.1. The molecule has 0 aliphatic rings. The van der Waals surface area contributed by atoms with Crippen molar-refractivity contribution in [1.29, 1.82) is 0 Å². The zero-order chi connectivity index (χ0) is 40.8. The van der Waals surface area contributed by atoms with Gasteiger partial charge >= 0.3 is 0 Å². The van der Waals surface area contributed by atoms with Crippen LogP contribution in [0.25, 0.3) is 0 Å². The maximum absolute atomic E-state index is 4.15. The van der Waals surface area contributed by atoms with Crippen molar-refractivity contribution < 1.29 is 0 Å². The lowest BCUT2D eigenvalue weighted by Crippen LogP contribution is -2.24. The number of rotatable bonds is 10. The molecule has 49 heavy (non-hydrogen) atoms. The van der Waals surface area contributed by atoms with Crippen LogP contribution in [0, 0.1) is 75.9 Å². The average molecular weight is 685 g/mol. The molecule has 0 N–H and O–H groups in total. The van der Waals surface area contributed by atoms with Gasteiger partial charge in [-0.05, 0) is 86.4 Å². The van der Waals surface area contributed by atoms with Crippen molar-refractivity contribution in [3.05, 3.63) is 46.6 Å². The summed E-state index contributed by atoms with van der Waals surface area (Å²) in [7, 11) is 0. The molecular weight excluding hydrogens is 589 g/mol. The predicted molar refractivity (Wildman–Crippen MR) is 234 cm³/mol. The molecule has 0 fully saturated rings. The van der Waals surface area contributed by atoms with Crippen molar-refractivity contribution >= 4 is 0 Å². The van der Waals surface area contributed by atoms with Crippen LogP contribution in [-0.4, -0.2) is 0 Å². The van der Waals surface area contributed by atoms with E-state index in [1.165, 1.54) is 11.1 Å². The van der Waals surface area contributed by atoms with E-state index >= 15 is 0 Å². The second kappa shape index (κ2) is 28.1. The Hall–Kier alpha value is -1.48. The van der Waals surface area contributed by atoms with E-state index in [-0.39, 0.29) is 5.41 Å². The summed E-state index contributed by atoms with van der Waals surface area (Å²) < 4.78 is 0. The molecule has 0 amide bonds. The maximum Gasteiger partial charge on any atom is 0.0146 e. The standard InChI is InChI=1S/C11H22.3C10H20.C8H14/c1-8(2)10(5)11(6,7)9(3)4;1-7-9(4)10(5,6)8(2)3;2*1-7(2)9(5)10(6)8(3)4;1-7(2)5-6-8(3)4/h8-9H,5H2,1-4,6-7H3;8H,4,7H2,1-3,5-6H3;2*7-8H,1-6H3;7-8H,1-4H3/b;;10-9+;10-9-;. The second-order valence-electron chi connectivity index (χ2n) is 18.3. The van der Waals surface area contributed by atoms with Gasteiger partial charge in [0.15, 0.2) is 0 Å². The van der Waals surface area contributed by atoms with Crippen LogP contribution < -0.4 is 0 Å². The van der Waals surface area contributed by atoms with Gasteiger partial charge in [0.25, 0.3) is 0 Å². The highest BCUT2D eigenvalue weighted by Gasteiger charge is 2.27. The Balaban J connectivity index is -0.000000165. The van der Waals surface area contributed by atoms with Crippen LogP contribution >= 0.6 is 0 Å². The molecule has 0 rings (SSSR count). The monoisotopic (exact) mass is 685 g/mol. The first-order valence-corrected chi connectivity index (χ1v) is 20.0. The van der Waals surface area contributed by atoms with Gasteiger partial charge in [-0.3, -0.25) is 0 Å². The Kier molecular flexibility index (Phi) is 32.7. The minimum Gasteiger partial charge on any atom is -0.100 e. The first-order chi connectivity index (χ1) is 21.8. The molecular formula is C49H96. The van der Waals surface area contributed by atoms with Gasteiger partial charge in [-0.2, -0.15) is 0 Å². The molecule has 0 aliphatic heterocycles. The van der Waals surface area contributed by atoms with Gasteiger partial charge in [-0.25, -0.2) is 0 Å². The number of allylic oxidation sites excluding steroid dienone is 6. The summed E-state index contributed by atoms with van der Waals surface area (Å²) in [5, 5.41) is 0. The highest BCUT2D eigenvalue weighted by molar-refractivity contribution is 5.14. The zero-order valence-electron chi connectivity index (χ0n) is 39.3. The predicted octanol–water partition coefficient (Wildman–Crippen LogP) is 17.1. The molecule has 0 spiro atoms. The highest BCUT2D eigenvalue weighted by atomic mass is 14.3. The Labute approximate surface area is 315 Å². The summed E-state index contributed by atoms with van der Waals surface area (Å²) >= 11 is 0. The van der Waals surface area contributed by atoms with Gasteiger partial charge in [-0.1, -0.05) is 206 Å². The first-order valence-electron chi connectivity index (χ1n) is 20.0. The topological polar surface area (TPSA) is 0 Å². The Bertz CT molecular complexity index is 916. The van der Waals surface area contributed by atoms with Crippen LogP contribution in [0.4, 0.5) is 0 Å². The summed E-state index contributed by atoms with van der Waals surface area (Å²) in [6, 6.07) is 0. The SMILES string of the molecule is C/C(=C(/C)C(C)C)C(C)C.C/C(=C(\C)C(C)C)C(C)C.C=C(C(C)C)C(C)(C)C(C)C.C=C(CC)C(C)(C)C(C)C.CC(C)C#CC(C)C. The lowest BCUT2D eigenvalue weighted by Gasteiger charge is -2.34. The van der Waals surface area contributed by atoms with E-state index in [1.807, 2.05) is 0 Å². The molecule has 0 aromatic carbocycles. The fraction of sp³-hybridized carbons (Fsp3) is 0.796.